The van der Waals surface area contributed by atoms with Crippen LogP contribution in [0.1, 0.15) is 45.6 Å². The summed E-state index contributed by atoms with van der Waals surface area (Å²) in [5, 5.41) is 22.5. The van der Waals surface area contributed by atoms with Crippen LogP contribution in [0.5, 0.6) is 0 Å². The number of nitrogens with zero attached hydrogens (tertiary/aromatic N) is 6. The monoisotopic (exact) mass is 465 g/mol. The highest BCUT2D eigenvalue weighted by Gasteiger charge is 2.25. The smallest absolute Gasteiger partial charge is 0.337 e. The molecule has 0 saturated heterocycles. The first-order valence-corrected chi connectivity index (χ1v) is 11.4. The Labute approximate surface area is 201 Å². The summed E-state index contributed by atoms with van der Waals surface area (Å²) in [5.74, 6) is -0.208. The van der Waals surface area contributed by atoms with Gasteiger partial charge in [-0.15, -0.1) is 10.2 Å². The minimum Gasteiger partial charge on any atom is -0.478 e. The van der Waals surface area contributed by atoms with E-state index in [2.05, 4.69) is 37.5 Å². The van der Waals surface area contributed by atoms with Gasteiger partial charge >= 0.3 is 5.97 Å². The number of carbonyl (C=O) groups is 1. The van der Waals surface area contributed by atoms with Crippen LogP contribution in [0.2, 0.25) is 0 Å². The molecule has 3 aromatic heterocycles. The fraction of sp³-hybridized carbons (Fsp3) is 0.192. The molecule has 0 saturated carbocycles. The SMILES string of the molecule is Cc1cc([C@@H](C)Nc2ccccc2C(=O)O)c2nc(N3Cc4ccncc4C3)n3cnnc3c2c1. The Morgan fingerprint density at radius 1 is 1.14 bits per heavy atom. The Bertz CT molecular complexity index is 1590. The fourth-order valence-corrected chi connectivity index (χ4v) is 4.84. The molecule has 2 aromatic carbocycles. The third-order valence-electron chi connectivity index (χ3n) is 6.51. The molecule has 0 aliphatic carbocycles. The maximum Gasteiger partial charge on any atom is 0.337 e. The number of hydrogen-bond acceptors (Lipinski definition) is 7. The molecular weight excluding hydrogens is 442 g/mol. The van der Waals surface area contributed by atoms with Crippen LogP contribution >= 0.6 is 0 Å². The van der Waals surface area contributed by atoms with E-state index in [9.17, 15) is 9.90 Å². The predicted molar refractivity (Wildman–Crippen MR) is 133 cm³/mol. The van der Waals surface area contributed by atoms with E-state index < -0.39 is 5.97 Å². The van der Waals surface area contributed by atoms with Crippen molar-refractivity contribution >= 4 is 34.2 Å². The molecule has 0 unspecified atom stereocenters. The molecule has 6 rings (SSSR count). The van der Waals surface area contributed by atoms with Crippen LogP contribution in [0.15, 0.2) is 61.2 Å². The van der Waals surface area contributed by atoms with Crippen LogP contribution in [-0.4, -0.2) is 35.6 Å². The van der Waals surface area contributed by atoms with Crippen LogP contribution in [0.4, 0.5) is 11.6 Å². The summed E-state index contributed by atoms with van der Waals surface area (Å²) in [5.41, 5.74) is 6.78. The van der Waals surface area contributed by atoms with Crippen LogP contribution < -0.4 is 10.2 Å². The van der Waals surface area contributed by atoms with Crippen molar-refractivity contribution in [3.05, 3.63) is 89.0 Å². The first-order valence-electron chi connectivity index (χ1n) is 11.4. The summed E-state index contributed by atoms with van der Waals surface area (Å²) in [6.07, 6.45) is 5.42. The molecule has 1 aliphatic heterocycles. The van der Waals surface area contributed by atoms with E-state index in [-0.39, 0.29) is 11.6 Å². The lowest BCUT2D eigenvalue weighted by molar-refractivity contribution is 0.0698. The van der Waals surface area contributed by atoms with Crippen molar-refractivity contribution in [1.29, 1.82) is 0 Å². The number of aromatic carboxylic acids is 1. The van der Waals surface area contributed by atoms with Gasteiger partial charge in [-0.25, -0.2) is 9.78 Å². The van der Waals surface area contributed by atoms with Crippen LogP contribution in [0.25, 0.3) is 16.6 Å². The van der Waals surface area contributed by atoms with Gasteiger partial charge in [0.25, 0.3) is 0 Å². The van der Waals surface area contributed by atoms with Gasteiger partial charge in [-0.1, -0.05) is 18.2 Å². The second-order valence-electron chi connectivity index (χ2n) is 8.90. The molecule has 0 spiro atoms. The number of aromatic nitrogens is 5. The molecule has 35 heavy (non-hydrogen) atoms. The van der Waals surface area contributed by atoms with Crippen molar-refractivity contribution < 1.29 is 9.90 Å². The number of pyridine rings is 1. The van der Waals surface area contributed by atoms with Crippen molar-refractivity contribution in [2.45, 2.75) is 33.0 Å². The van der Waals surface area contributed by atoms with Gasteiger partial charge < -0.3 is 15.3 Å². The van der Waals surface area contributed by atoms with E-state index in [0.717, 1.165) is 40.2 Å². The lowest BCUT2D eigenvalue weighted by atomic mass is 10.0. The number of hydrogen-bond donors (Lipinski definition) is 2. The third kappa shape index (κ3) is 3.52. The largest absolute Gasteiger partial charge is 0.478 e. The van der Waals surface area contributed by atoms with Crippen molar-refractivity contribution in [1.82, 2.24) is 24.6 Å². The van der Waals surface area contributed by atoms with Gasteiger partial charge in [0.1, 0.15) is 6.33 Å². The molecule has 174 valence electrons. The van der Waals surface area contributed by atoms with E-state index in [4.69, 9.17) is 4.98 Å². The Balaban J connectivity index is 1.49. The normalized spacial score (nSPS) is 13.8. The van der Waals surface area contributed by atoms with Gasteiger partial charge in [0.15, 0.2) is 5.65 Å². The van der Waals surface area contributed by atoms with Gasteiger partial charge in [0.05, 0.1) is 17.1 Å². The lowest BCUT2D eigenvalue weighted by Crippen LogP contribution is -2.20. The zero-order valence-corrected chi connectivity index (χ0v) is 19.3. The van der Waals surface area contributed by atoms with E-state index >= 15 is 0 Å². The maximum absolute atomic E-state index is 11.7. The first kappa shape index (κ1) is 21.0. The average molecular weight is 466 g/mol. The number of benzene rings is 2. The number of para-hydroxylation sites is 1. The van der Waals surface area contributed by atoms with Crippen molar-refractivity contribution in [2.75, 3.05) is 10.2 Å². The molecule has 2 N–H and O–H groups in total. The second-order valence-corrected chi connectivity index (χ2v) is 8.90. The highest BCUT2D eigenvalue weighted by atomic mass is 16.4. The minimum absolute atomic E-state index is 0.205. The molecule has 0 amide bonds. The summed E-state index contributed by atoms with van der Waals surface area (Å²) in [6, 6.07) is 12.9. The van der Waals surface area contributed by atoms with Crippen molar-refractivity contribution in [3.8, 4) is 0 Å². The van der Waals surface area contributed by atoms with Crippen LogP contribution in [0.3, 0.4) is 0 Å². The summed E-state index contributed by atoms with van der Waals surface area (Å²) in [6.45, 7) is 5.48. The van der Waals surface area contributed by atoms with Crippen molar-refractivity contribution in [3.63, 3.8) is 0 Å². The molecule has 9 nitrogen and oxygen atoms in total. The van der Waals surface area contributed by atoms with Gasteiger partial charge in [-0.3, -0.25) is 9.38 Å². The Morgan fingerprint density at radius 3 is 2.80 bits per heavy atom. The van der Waals surface area contributed by atoms with Gasteiger partial charge in [-0.2, -0.15) is 0 Å². The van der Waals surface area contributed by atoms with E-state index in [1.54, 1.807) is 24.5 Å². The number of rotatable bonds is 5. The van der Waals surface area contributed by atoms with Gasteiger partial charge in [-0.05, 0) is 54.8 Å². The summed E-state index contributed by atoms with van der Waals surface area (Å²) in [4.78, 5) is 23.3. The van der Waals surface area contributed by atoms with Crippen molar-refractivity contribution in [2.24, 2.45) is 0 Å². The van der Waals surface area contributed by atoms with E-state index in [0.29, 0.717) is 12.2 Å². The first-order chi connectivity index (χ1) is 17.0. The van der Waals surface area contributed by atoms with Crippen LogP contribution in [0, 0.1) is 6.92 Å². The minimum atomic E-state index is -0.969. The molecule has 1 aliphatic rings. The molecular formula is C26H23N7O2. The number of aryl methyl sites for hydroxylation is 1. The van der Waals surface area contributed by atoms with Gasteiger partial charge in [0, 0.05) is 42.1 Å². The molecule has 0 radical (unpaired) electrons. The number of carboxylic acids is 1. The standard InChI is InChI=1S/C26H23N7O2/c1-15-9-20(16(2)29-22-6-4-3-5-19(22)25(34)35)23-21(10-15)24-31-28-14-33(24)26(30-23)32-12-17-7-8-27-11-18(17)13-32/h3-11,14,16,29H,12-13H2,1-2H3,(H,34,35)/t16-/m1/s1. The third-order valence-corrected chi connectivity index (χ3v) is 6.51. The molecule has 0 bridgehead atoms. The Hall–Kier alpha value is -4.53. The molecule has 4 heterocycles. The predicted octanol–water partition coefficient (Wildman–Crippen LogP) is 4.37. The second kappa shape index (κ2) is 8.05. The highest BCUT2D eigenvalue weighted by molar-refractivity contribution is 5.96. The zero-order valence-electron chi connectivity index (χ0n) is 19.3. The number of carboxylic acid groups (broad SMARTS) is 1. The fourth-order valence-electron chi connectivity index (χ4n) is 4.84. The topological polar surface area (TPSA) is 109 Å². The summed E-state index contributed by atoms with van der Waals surface area (Å²) in [7, 11) is 0. The van der Waals surface area contributed by atoms with E-state index in [1.165, 1.54) is 11.1 Å². The average Bonchev–Trinajstić information content (AvgIpc) is 3.51. The van der Waals surface area contributed by atoms with Gasteiger partial charge in [0.2, 0.25) is 5.95 Å². The number of nitrogens with one attached hydrogen (secondary N) is 1. The van der Waals surface area contributed by atoms with Crippen LogP contribution in [-0.2, 0) is 13.1 Å². The van der Waals surface area contributed by atoms with E-state index in [1.807, 2.05) is 42.8 Å². The summed E-state index contributed by atoms with van der Waals surface area (Å²) >= 11 is 0. The zero-order chi connectivity index (χ0) is 24.1. The highest BCUT2D eigenvalue weighted by Crippen LogP contribution is 2.34. The number of anilines is 2. The number of fused-ring (bicyclic) bond motifs is 4. The quantitative estimate of drug-likeness (QED) is 0.394. The molecule has 9 heteroatoms. The molecule has 1 atom stereocenters. The molecule has 0 fully saturated rings. The lowest BCUT2D eigenvalue weighted by Gasteiger charge is -2.22. The Morgan fingerprint density at radius 2 is 1.97 bits per heavy atom. The maximum atomic E-state index is 11.7. The molecule has 5 aromatic rings. The summed E-state index contributed by atoms with van der Waals surface area (Å²) < 4.78 is 1.93. The Kier molecular flexibility index (Phi) is 4.84.